The van der Waals surface area contributed by atoms with Gasteiger partial charge in [0.2, 0.25) is 0 Å². The number of carboxylic acid groups (broad SMARTS) is 1. The summed E-state index contributed by atoms with van der Waals surface area (Å²) in [7, 11) is 0. The van der Waals surface area contributed by atoms with E-state index >= 15 is 0 Å². The van der Waals surface area contributed by atoms with Crippen molar-refractivity contribution in [1.29, 1.82) is 0 Å². The van der Waals surface area contributed by atoms with Gasteiger partial charge in [0, 0.05) is 28.9 Å². The maximum absolute atomic E-state index is 12.6. The Morgan fingerprint density at radius 3 is 1.70 bits per heavy atom. The van der Waals surface area contributed by atoms with Crippen LogP contribution in [0.5, 0.6) is 23.0 Å². The van der Waals surface area contributed by atoms with Gasteiger partial charge in [-0.3, -0.25) is 4.98 Å². The number of carboxylic acids is 1. The van der Waals surface area contributed by atoms with Crippen molar-refractivity contribution >= 4 is 40.1 Å². The van der Waals surface area contributed by atoms with Gasteiger partial charge >= 0.3 is 5.97 Å². The Morgan fingerprint density at radius 2 is 1.16 bits per heavy atom. The minimum absolute atomic E-state index is 0.0609. The average Bonchev–Trinajstić information content (AvgIpc) is 3.57. The van der Waals surface area contributed by atoms with E-state index < -0.39 is 5.97 Å². The Morgan fingerprint density at radius 1 is 0.643 bits per heavy atom. The lowest BCUT2D eigenvalue weighted by atomic mass is 10.0. The molecular weight excluding hydrogens is 720 g/mol. The summed E-state index contributed by atoms with van der Waals surface area (Å²) in [6.45, 7) is 0.563. The third kappa shape index (κ3) is 8.34. The second-order valence-electron chi connectivity index (χ2n) is 13.1. The van der Waals surface area contributed by atoms with Gasteiger partial charge in [-0.25, -0.2) is 4.79 Å². The number of fused-ring (bicyclic) bond motifs is 1. The van der Waals surface area contributed by atoms with E-state index in [1.165, 1.54) is 0 Å². The fourth-order valence-electron chi connectivity index (χ4n) is 6.37. The van der Waals surface area contributed by atoms with Crippen molar-refractivity contribution in [3.63, 3.8) is 0 Å². The zero-order chi connectivity index (χ0) is 38.3. The number of carbonyl (C=O) groups is 1. The van der Waals surface area contributed by atoms with Crippen LogP contribution in [0.3, 0.4) is 0 Å². The fraction of sp³-hybridized carbons (Fsp3) is 0.0417. The van der Waals surface area contributed by atoms with Crippen molar-refractivity contribution in [2.24, 2.45) is 0 Å². The standard InChI is InChI=1S/C48H35ClN2O5/c49-39-19-21-40(22-20-39)56-47-42-28-45(54-30-32-11-15-36(16-12-32)34-7-3-1-4-8-34)46(55-31-33-13-17-37(18-14-33)35-9-5-2-6-10-35)29-43(42)51-44(47)27-41(48(52)53)38-23-25-50-26-24-38/h1-29,51H,30-31H2,(H,52,53). The summed E-state index contributed by atoms with van der Waals surface area (Å²) < 4.78 is 19.5. The molecule has 0 radical (unpaired) electrons. The number of benzene rings is 6. The maximum Gasteiger partial charge on any atom is 0.336 e. The molecule has 6 aromatic carbocycles. The molecule has 2 N–H and O–H groups in total. The van der Waals surface area contributed by atoms with Crippen LogP contribution in [-0.2, 0) is 18.0 Å². The van der Waals surface area contributed by atoms with Gasteiger partial charge in [-0.2, -0.15) is 0 Å². The number of halogens is 1. The Hall–Kier alpha value is -7.09. The highest BCUT2D eigenvalue weighted by atomic mass is 35.5. The molecule has 0 amide bonds. The third-order valence-electron chi connectivity index (χ3n) is 9.30. The van der Waals surface area contributed by atoms with Crippen LogP contribution in [-0.4, -0.2) is 21.0 Å². The van der Waals surface area contributed by atoms with Crippen molar-refractivity contribution in [2.75, 3.05) is 0 Å². The Bertz CT molecular complexity index is 2610. The van der Waals surface area contributed by atoms with Crippen LogP contribution >= 0.6 is 11.6 Å². The Kier molecular flexibility index (Phi) is 10.6. The van der Waals surface area contributed by atoms with Crippen LogP contribution in [0.4, 0.5) is 0 Å². The zero-order valence-electron chi connectivity index (χ0n) is 30.1. The highest BCUT2D eigenvalue weighted by Crippen LogP contribution is 2.42. The van der Waals surface area contributed by atoms with E-state index in [1.807, 2.05) is 48.5 Å². The minimum Gasteiger partial charge on any atom is -0.485 e. The number of aromatic nitrogens is 2. The van der Waals surface area contributed by atoms with Crippen LogP contribution < -0.4 is 14.2 Å². The molecule has 8 aromatic rings. The van der Waals surface area contributed by atoms with Crippen molar-refractivity contribution in [3.05, 3.63) is 198 Å². The lowest BCUT2D eigenvalue weighted by molar-refractivity contribution is -0.130. The number of pyridine rings is 1. The highest BCUT2D eigenvalue weighted by Gasteiger charge is 2.20. The molecule has 8 rings (SSSR count). The van der Waals surface area contributed by atoms with E-state index in [2.05, 4.69) is 82.8 Å². The summed E-state index contributed by atoms with van der Waals surface area (Å²) in [5, 5.41) is 11.5. The van der Waals surface area contributed by atoms with E-state index in [9.17, 15) is 9.90 Å². The number of rotatable bonds is 13. The molecule has 0 spiro atoms. The van der Waals surface area contributed by atoms with Gasteiger partial charge in [0.15, 0.2) is 17.2 Å². The van der Waals surface area contributed by atoms with Gasteiger partial charge in [0.25, 0.3) is 0 Å². The van der Waals surface area contributed by atoms with Crippen LogP contribution in [0.15, 0.2) is 170 Å². The lowest BCUT2D eigenvalue weighted by Gasteiger charge is -2.15. The molecule has 0 aliphatic heterocycles. The van der Waals surface area contributed by atoms with Gasteiger partial charge < -0.3 is 24.3 Å². The van der Waals surface area contributed by atoms with Gasteiger partial charge in [0.05, 0.1) is 16.8 Å². The molecule has 8 heteroatoms. The second-order valence-corrected chi connectivity index (χ2v) is 13.5. The third-order valence-corrected chi connectivity index (χ3v) is 9.55. The second kappa shape index (κ2) is 16.5. The summed E-state index contributed by atoms with van der Waals surface area (Å²) in [5.41, 5.74) is 8.13. The maximum atomic E-state index is 12.6. The monoisotopic (exact) mass is 754 g/mol. The van der Waals surface area contributed by atoms with Gasteiger partial charge in [-0.1, -0.05) is 121 Å². The SMILES string of the molecule is O=C(O)C(=Cc1[nH]c2cc(OCc3ccc(-c4ccccc4)cc3)c(OCc3ccc(-c4ccccc4)cc3)cc2c1Oc1ccc(Cl)cc1)c1ccncc1. The first-order valence-electron chi connectivity index (χ1n) is 18.0. The van der Waals surface area contributed by atoms with Crippen LogP contribution in [0.2, 0.25) is 5.02 Å². The number of hydrogen-bond acceptors (Lipinski definition) is 5. The smallest absolute Gasteiger partial charge is 0.336 e. The van der Waals surface area contributed by atoms with Gasteiger partial charge in [-0.05, 0) is 87.5 Å². The number of nitrogens with one attached hydrogen (secondary N) is 1. The molecule has 0 unspecified atom stereocenters. The summed E-state index contributed by atoms with van der Waals surface area (Å²) in [6.07, 6.45) is 4.67. The highest BCUT2D eigenvalue weighted by molar-refractivity contribution is 6.30. The van der Waals surface area contributed by atoms with E-state index in [-0.39, 0.29) is 18.8 Å². The molecule has 0 saturated carbocycles. The first-order valence-corrected chi connectivity index (χ1v) is 18.4. The molecule has 274 valence electrons. The van der Waals surface area contributed by atoms with Crippen LogP contribution in [0, 0.1) is 0 Å². The summed E-state index contributed by atoms with van der Waals surface area (Å²) in [6, 6.07) is 51.0. The van der Waals surface area contributed by atoms with Gasteiger partial charge in [-0.15, -0.1) is 0 Å². The quantitative estimate of drug-likeness (QED) is 0.114. The number of aromatic amines is 1. The topological polar surface area (TPSA) is 93.7 Å². The summed E-state index contributed by atoms with van der Waals surface area (Å²) >= 11 is 6.19. The normalized spacial score (nSPS) is 11.3. The molecular formula is C48H35ClN2O5. The van der Waals surface area contributed by atoms with E-state index in [0.29, 0.717) is 50.2 Å². The lowest BCUT2D eigenvalue weighted by Crippen LogP contribution is -2.01. The predicted molar refractivity (Wildman–Crippen MR) is 222 cm³/mol. The first kappa shape index (κ1) is 35.9. The number of aliphatic carboxylic acids is 1. The van der Waals surface area contributed by atoms with E-state index in [1.54, 1.807) is 54.9 Å². The van der Waals surface area contributed by atoms with E-state index in [4.69, 9.17) is 25.8 Å². The zero-order valence-corrected chi connectivity index (χ0v) is 30.8. The number of ether oxygens (including phenoxy) is 3. The number of H-pyrrole nitrogens is 1. The van der Waals surface area contributed by atoms with Crippen molar-refractivity contribution in [1.82, 2.24) is 9.97 Å². The van der Waals surface area contributed by atoms with Crippen molar-refractivity contribution in [2.45, 2.75) is 13.2 Å². The van der Waals surface area contributed by atoms with Crippen molar-refractivity contribution < 1.29 is 24.1 Å². The molecule has 0 aliphatic rings. The molecule has 7 nitrogen and oxygen atoms in total. The molecule has 0 bridgehead atoms. The average molecular weight is 755 g/mol. The summed E-state index contributed by atoms with van der Waals surface area (Å²) in [5.74, 6) is 0.833. The Balaban J connectivity index is 1.17. The summed E-state index contributed by atoms with van der Waals surface area (Å²) in [4.78, 5) is 20.0. The largest absolute Gasteiger partial charge is 0.485 e. The molecule has 0 atom stereocenters. The molecule has 0 aliphatic carbocycles. The first-order chi connectivity index (χ1) is 27.5. The molecule has 2 aromatic heterocycles. The van der Waals surface area contributed by atoms with E-state index in [0.717, 1.165) is 33.4 Å². The van der Waals surface area contributed by atoms with Gasteiger partial charge in [0.1, 0.15) is 19.0 Å². The Labute approximate surface area is 329 Å². The fourth-order valence-corrected chi connectivity index (χ4v) is 6.50. The van der Waals surface area contributed by atoms with Crippen LogP contribution in [0.25, 0.3) is 44.8 Å². The number of hydrogen-bond donors (Lipinski definition) is 2. The molecule has 0 saturated heterocycles. The predicted octanol–water partition coefficient (Wildman–Crippen LogP) is 12.1. The molecule has 2 heterocycles. The van der Waals surface area contributed by atoms with Crippen LogP contribution in [0.1, 0.15) is 22.4 Å². The molecule has 0 fully saturated rings. The van der Waals surface area contributed by atoms with Crippen molar-refractivity contribution in [3.8, 4) is 45.3 Å². The molecule has 56 heavy (non-hydrogen) atoms. The number of nitrogens with zero attached hydrogens (tertiary/aromatic N) is 1. The minimum atomic E-state index is -1.10.